The molecular weight excluding hydrogens is 318 g/mol. The summed E-state index contributed by atoms with van der Waals surface area (Å²) in [6.45, 7) is 2.02. The second kappa shape index (κ2) is 5.63. The number of hydrogen-bond donors (Lipinski definition) is 0. The van der Waals surface area contributed by atoms with Crippen LogP contribution in [0.2, 0.25) is 0 Å². The van der Waals surface area contributed by atoms with E-state index in [0.717, 1.165) is 26.0 Å². The molecule has 6 heteroatoms. The highest BCUT2D eigenvalue weighted by Crippen LogP contribution is 2.32. The minimum atomic E-state index is 0.651. The molecule has 86 valence electrons. The monoisotopic (exact) mass is 325 g/mol. The van der Waals surface area contributed by atoms with Gasteiger partial charge in [-0.2, -0.15) is 9.64 Å². The van der Waals surface area contributed by atoms with Crippen LogP contribution in [0.5, 0.6) is 0 Å². The molecular formula is C11H8BrN3S2. The highest BCUT2D eigenvalue weighted by molar-refractivity contribution is 9.10. The summed E-state index contributed by atoms with van der Waals surface area (Å²) in [5, 5.41) is 9.06. The average molecular weight is 326 g/mol. The zero-order valence-electron chi connectivity index (χ0n) is 8.98. The molecule has 0 bridgehead atoms. The van der Waals surface area contributed by atoms with Crippen molar-refractivity contribution in [3.05, 3.63) is 34.1 Å². The number of aromatic nitrogens is 2. The first-order valence-electron chi connectivity index (χ1n) is 4.93. The lowest BCUT2D eigenvalue weighted by Crippen LogP contribution is -1.83. The van der Waals surface area contributed by atoms with Crippen LogP contribution in [0.25, 0.3) is 0 Å². The largest absolute Gasteiger partial charge is 0.213 e. The molecule has 17 heavy (non-hydrogen) atoms. The third-order valence-corrected chi connectivity index (χ3v) is 4.38. The van der Waals surface area contributed by atoms with Crippen LogP contribution in [0.3, 0.4) is 0 Å². The fourth-order valence-electron chi connectivity index (χ4n) is 1.20. The Balaban J connectivity index is 2.27. The minimum absolute atomic E-state index is 0.651. The van der Waals surface area contributed by atoms with E-state index in [-0.39, 0.29) is 0 Å². The van der Waals surface area contributed by atoms with Gasteiger partial charge in [-0.3, -0.25) is 0 Å². The SMILES string of the molecule is CCc1nsc(Sc2ccc(Br)cc2C#N)n1. The Labute approximate surface area is 116 Å². The molecule has 0 saturated carbocycles. The number of rotatable bonds is 3. The Bertz CT molecular complexity index is 574. The maximum Gasteiger partial charge on any atom is 0.174 e. The van der Waals surface area contributed by atoms with Crippen LogP contribution >= 0.6 is 39.2 Å². The van der Waals surface area contributed by atoms with Crippen LogP contribution in [0.15, 0.2) is 31.9 Å². The molecule has 0 N–H and O–H groups in total. The average Bonchev–Trinajstić information content (AvgIpc) is 2.79. The van der Waals surface area contributed by atoms with E-state index in [0.29, 0.717) is 5.56 Å². The summed E-state index contributed by atoms with van der Waals surface area (Å²) in [6.07, 6.45) is 0.836. The number of nitriles is 1. The van der Waals surface area contributed by atoms with Gasteiger partial charge in [0.15, 0.2) is 4.34 Å². The molecule has 0 aliphatic carbocycles. The molecule has 0 radical (unpaired) electrons. The standard InChI is InChI=1S/C11H8BrN3S2/c1-2-10-14-11(17-15-10)16-9-4-3-8(12)5-7(9)6-13/h3-5H,2H2,1H3. The molecule has 0 fully saturated rings. The van der Waals surface area contributed by atoms with Gasteiger partial charge in [0.05, 0.1) is 5.56 Å². The molecule has 1 aromatic carbocycles. The van der Waals surface area contributed by atoms with Crippen molar-refractivity contribution in [2.75, 3.05) is 0 Å². The molecule has 0 spiro atoms. The summed E-state index contributed by atoms with van der Waals surface area (Å²) in [6, 6.07) is 7.83. The van der Waals surface area contributed by atoms with Crippen LogP contribution in [0.1, 0.15) is 18.3 Å². The van der Waals surface area contributed by atoms with Gasteiger partial charge in [0.2, 0.25) is 0 Å². The Morgan fingerprint density at radius 2 is 2.35 bits per heavy atom. The van der Waals surface area contributed by atoms with Gasteiger partial charge in [0, 0.05) is 15.8 Å². The van der Waals surface area contributed by atoms with Gasteiger partial charge in [-0.1, -0.05) is 34.6 Å². The highest BCUT2D eigenvalue weighted by atomic mass is 79.9. The highest BCUT2D eigenvalue weighted by Gasteiger charge is 2.08. The second-order valence-electron chi connectivity index (χ2n) is 3.18. The summed E-state index contributed by atoms with van der Waals surface area (Å²) >= 11 is 6.21. The van der Waals surface area contributed by atoms with E-state index in [1.807, 2.05) is 25.1 Å². The van der Waals surface area contributed by atoms with Crippen molar-refractivity contribution in [2.24, 2.45) is 0 Å². The first-order chi connectivity index (χ1) is 8.22. The van der Waals surface area contributed by atoms with Crippen LogP contribution in [-0.2, 0) is 6.42 Å². The van der Waals surface area contributed by atoms with Crippen molar-refractivity contribution in [3.63, 3.8) is 0 Å². The lowest BCUT2D eigenvalue weighted by atomic mass is 10.2. The van der Waals surface area contributed by atoms with Gasteiger partial charge in [-0.15, -0.1) is 0 Å². The zero-order chi connectivity index (χ0) is 12.3. The number of halogens is 1. The first kappa shape index (κ1) is 12.6. The van der Waals surface area contributed by atoms with E-state index in [2.05, 4.69) is 31.4 Å². The predicted molar refractivity (Wildman–Crippen MR) is 72.3 cm³/mol. The predicted octanol–water partition coefficient (Wildman–Crippen LogP) is 3.89. The van der Waals surface area contributed by atoms with Crippen LogP contribution in [0.4, 0.5) is 0 Å². The van der Waals surface area contributed by atoms with Crippen LogP contribution < -0.4 is 0 Å². The number of aryl methyl sites for hydroxylation is 1. The summed E-state index contributed by atoms with van der Waals surface area (Å²) < 4.78 is 6.00. The Morgan fingerprint density at radius 1 is 1.53 bits per heavy atom. The van der Waals surface area contributed by atoms with E-state index in [1.54, 1.807) is 0 Å². The van der Waals surface area contributed by atoms with Crippen LogP contribution in [0, 0.1) is 11.3 Å². The van der Waals surface area contributed by atoms with Gasteiger partial charge >= 0.3 is 0 Å². The van der Waals surface area contributed by atoms with E-state index in [4.69, 9.17) is 5.26 Å². The van der Waals surface area contributed by atoms with Crippen LogP contribution in [-0.4, -0.2) is 9.36 Å². The van der Waals surface area contributed by atoms with Crippen molar-refractivity contribution >= 4 is 39.2 Å². The van der Waals surface area contributed by atoms with Gasteiger partial charge in [-0.05, 0) is 29.7 Å². The molecule has 2 aromatic rings. The van der Waals surface area contributed by atoms with Gasteiger partial charge in [-0.25, -0.2) is 4.98 Å². The first-order valence-corrected chi connectivity index (χ1v) is 7.31. The molecule has 2 rings (SSSR count). The minimum Gasteiger partial charge on any atom is -0.213 e. The summed E-state index contributed by atoms with van der Waals surface area (Å²) in [5.41, 5.74) is 0.651. The van der Waals surface area contributed by atoms with Gasteiger partial charge < -0.3 is 0 Å². The van der Waals surface area contributed by atoms with Crippen molar-refractivity contribution in [1.29, 1.82) is 5.26 Å². The number of benzene rings is 1. The third-order valence-electron chi connectivity index (χ3n) is 2.03. The quantitative estimate of drug-likeness (QED) is 0.859. The molecule has 0 aliphatic rings. The van der Waals surface area contributed by atoms with E-state index < -0.39 is 0 Å². The Kier molecular flexibility index (Phi) is 4.15. The van der Waals surface area contributed by atoms with Crippen molar-refractivity contribution in [1.82, 2.24) is 9.36 Å². The molecule has 1 heterocycles. The maximum absolute atomic E-state index is 9.06. The molecule has 0 saturated heterocycles. The lowest BCUT2D eigenvalue weighted by molar-refractivity contribution is 0.971. The molecule has 0 amide bonds. The van der Waals surface area contributed by atoms with E-state index in [1.165, 1.54) is 23.3 Å². The van der Waals surface area contributed by atoms with E-state index >= 15 is 0 Å². The summed E-state index contributed by atoms with van der Waals surface area (Å²) in [5.74, 6) is 0.855. The van der Waals surface area contributed by atoms with E-state index in [9.17, 15) is 0 Å². The molecule has 0 atom stereocenters. The fourth-order valence-corrected chi connectivity index (χ4v) is 3.28. The zero-order valence-corrected chi connectivity index (χ0v) is 12.2. The van der Waals surface area contributed by atoms with Crippen molar-refractivity contribution < 1.29 is 0 Å². The third kappa shape index (κ3) is 3.06. The maximum atomic E-state index is 9.06. The summed E-state index contributed by atoms with van der Waals surface area (Å²) in [7, 11) is 0. The Hall–Kier alpha value is -0.900. The lowest BCUT2D eigenvalue weighted by Gasteiger charge is -2.00. The van der Waals surface area contributed by atoms with Gasteiger partial charge in [0.25, 0.3) is 0 Å². The molecule has 0 unspecified atom stereocenters. The number of nitrogens with zero attached hydrogens (tertiary/aromatic N) is 3. The van der Waals surface area contributed by atoms with Crippen molar-refractivity contribution in [2.45, 2.75) is 22.6 Å². The molecule has 0 aliphatic heterocycles. The molecule has 1 aromatic heterocycles. The van der Waals surface area contributed by atoms with Crippen molar-refractivity contribution in [3.8, 4) is 6.07 Å². The second-order valence-corrected chi connectivity index (χ2v) is 6.14. The molecule has 3 nitrogen and oxygen atoms in total. The smallest absolute Gasteiger partial charge is 0.174 e. The Morgan fingerprint density at radius 3 is 3.00 bits per heavy atom. The normalized spacial score (nSPS) is 10.2. The number of hydrogen-bond acceptors (Lipinski definition) is 5. The summed E-state index contributed by atoms with van der Waals surface area (Å²) in [4.78, 5) is 5.28. The van der Waals surface area contributed by atoms with Gasteiger partial charge in [0.1, 0.15) is 11.9 Å². The fraction of sp³-hybridized carbons (Fsp3) is 0.182. The topological polar surface area (TPSA) is 49.6 Å².